The Morgan fingerprint density at radius 3 is 2.07 bits per heavy atom. The van der Waals surface area contributed by atoms with Gasteiger partial charge in [0.25, 0.3) is 6.71 Å². The van der Waals surface area contributed by atoms with Crippen LogP contribution in [0.3, 0.4) is 0 Å². The van der Waals surface area contributed by atoms with Crippen LogP contribution < -0.4 is 26.2 Å². The van der Waals surface area contributed by atoms with E-state index in [4.69, 9.17) is 11.6 Å². The molecule has 0 radical (unpaired) electrons. The fourth-order valence-electron chi connectivity index (χ4n) is 12.1. The summed E-state index contributed by atoms with van der Waals surface area (Å²) in [6.45, 7) is 15.0. The monoisotopic (exact) mass is 836 g/mol. The van der Waals surface area contributed by atoms with E-state index in [1.807, 2.05) is 11.3 Å². The van der Waals surface area contributed by atoms with Crippen LogP contribution in [-0.4, -0.2) is 11.5 Å². The van der Waals surface area contributed by atoms with Crippen LogP contribution in [0.5, 0.6) is 0 Å². The molecule has 2 unspecified atom stereocenters. The lowest BCUT2D eigenvalue weighted by Gasteiger charge is -2.46. The van der Waals surface area contributed by atoms with Crippen LogP contribution in [0.2, 0.25) is 5.02 Å². The second-order valence-corrected chi connectivity index (χ2v) is 22.9. The molecule has 5 aliphatic rings. The zero-order valence-corrected chi connectivity index (χ0v) is 37.8. The highest BCUT2D eigenvalue weighted by atomic mass is 35.5. The summed E-state index contributed by atoms with van der Waals surface area (Å²) < 4.78 is 1.63. The first-order chi connectivity index (χ1) is 28.9. The van der Waals surface area contributed by atoms with Gasteiger partial charge in [0.2, 0.25) is 0 Å². The number of fused-ring (bicyclic) bond motifs is 11. The van der Waals surface area contributed by atoms with Crippen molar-refractivity contribution in [3.8, 4) is 11.1 Å². The van der Waals surface area contributed by atoms with Crippen LogP contribution in [0.1, 0.15) is 96.8 Å². The fraction of sp³-hybridized carbons (Fsp3) is 0.296. The maximum Gasteiger partial charge on any atom is 0.254 e. The Kier molecular flexibility index (Phi) is 7.98. The molecule has 1 aromatic heterocycles. The van der Waals surface area contributed by atoms with Gasteiger partial charge < -0.3 is 9.80 Å². The highest BCUT2D eigenvalue weighted by Gasteiger charge is 2.55. The number of anilines is 6. The smallest absolute Gasteiger partial charge is 0.254 e. The average molecular weight is 837 g/mol. The second-order valence-electron chi connectivity index (χ2n) is 19.9. The van der Waals surface area contributed by atoms with E-state index in [0.717, 1.165) is 5.02 Å². The Hall–Kier alpha value is -4.42. The van der Waals surface area contributed by atoms with Crippen molar-refractivity contribution in [2.75, 3.05) is 9.80 Å². The third-order valence-corrected chi connectivity index (χ3v) is 18.7. The average Bonchev–Trinajstić information content (AvgIpc) is 3.73. The largest absolute Gasteiger partial charge is 0.311 e. The van der Waals surface area contributed by atoms with Gasteiger partial charge >= 0.3 is 0 Å². The van der Waals surface area contributed by atoms with Crippen molar-refractivity contribution in [2.24, 2.45) is 0 Å². The molecule has 1 fully saturated rings. The van der Waals surface area contributed by atoms with E-state index in [2.05, 4.69) is 184 Å². The van der Waals surface area contributed by atoms with E-state index >= 15 is 0 Å². The molecule has 2 atom stereocenters. The number of rotatable bonds is 3. The van der Waals surface area contributed by atoms with Gasteiger partial charge in [-0.3, -0.25) is 0 Å². The van der Waals surface area contributed by atoms with Crippen LogP contribution >= 0.6 is 34.7 Å². The molecule has 2 nitrogen and oxygen atoms in total. The van der Waals surface area contributed by atoms with Crippen molar-refractivity contribution in [3.05, 3.63) is 143 Å². The van der Waals surface area contributed by atoms with E-state index in [0.29, 0.717) is 0 Å². The van der Waals surface area contributed by atoms with Gasteiger partial charge in [0.15, 0.2) is 0 Å². The molecular formula is C54H50BClN2S2. The first kappa shape index (κ1) is 37.4. The lowest BCUT2D eigenvalue weighted by molar-refractivity contribution is 0.260. The Morgan fingerprint density at radius 2 is 1.28 bits per heavy atom. The van der Waals surface area contributed by atoms with Crippen molar-refractivity contribution >= 4 is 101 Å². The van der Waals surface area contributed by atoms with Crippen LogP contribution in [0.25, 0.3) is 21.2 Å². The van der Waals surface area contributed by atoms with E-state index in [1.165, 1.54) is 126 Å². The fourth-order valence-corrected chi connectivity index (χ4v) is 15.7. The second kappa shape index (κ2) is 12.8. The standard InChI is InChI=1S/C54H50BClN2S2/c1-51(2)27-28-52(3,4)46-38(51)24-23-37-47-50(59-49(37)46)58(41-22-14-13-21-36(41)33-17-9-7-10-18-33)44-30-34(56)29-43-48(44)55(47)40-32-45-39(53(5)25-15-16-26-54(53,6)60-45)31-42(40)57(43)35-19-11-8-12-20-35/h7-14,17-24,29-32H,15-16,25-28H2,1-6H3. The number of halogens is 1. The Labute approximate surface area is 369 Å². The molecule has 6 aromatic carbocycles. The summed E-state index contributed by atoms with van der Waals surface area (Å²) in [5, 5.41) is 3.46. The summed E-state index contributed by atoms with van der Waals surface area (Å²) in [5.74, 6) is 0. The molecule has 0 spiro atoms. The molecule has 6 heteroatoms. The SMILES string of the molecule is CC1(C)CCC(C)(C)c2c1ccc1c3c(sc21)N(c1ccccc1-c1ccccc1)c1cc(Cl)cc2c1B3c1cc3c(cc1N2c1ccccc1)C1(C)CCCCC1(C)S3. The number of hydrogen-bond donors (Lipinski definition) is 0. The Bertz CT molecular complexity index is 2940. The number of thiophene rings is 1. The minimum absolute atomic E-state index is 0.0259. The quantitative estimate of drug-likeness (QED) is 0.164. The Morgan fingerprint density at radius 1 is 0.600 bits per heavy atom. The summed E-state index contributed by atoms with van der Waals surface area (Å²) in [6.07, 6.45) is 7.45. The van der Waals surface area contributed by atoms with E-state index in [-0.39, 0.29) is 27.7 Å². The van der Waals surface area contributed by atoms with Gasteiger partial charge in [-0.25, -0.2) is 0 Å². The number of benzene rings is 6. The van der Waals surface area contributed by atoms with Gasteiger partial charge in [-0.1, -0.05) is 144 Å². The summed E-state index contributed by atoms with van der Waals surface area (Å²) >= 11 is 11.6. The molecule has 4 heterocycles. The van der Waals surface area contributed by atoms with Crippen LogP contribution in [0.4, 0.5) is 33.4 Å². The number of hydrogen-bond acceptors (Lipinski definition) is 4. The molecule has 7 aromatic rings. The first-order valence-electron chi connectivity index (χ1n) is 22.0. The zero-order valence-electron chi connectivity index (χ0n) is 35.5. The maximum atomic E-state index is 7.46. The summed E-state index contributed by atoms with van der Waals surface area (Å²) in [7, 11) is 0. The van der Waals surface area contributed by atoms with E-state index in [1.54, 1.807) is 5.56 Å². The molecule has 1 saturated carbocycles. The molecule has 0 saturated heterocycles. The molecule has 60 heavy (non-hydrogen) atoms. The van der Waals surface area contributed by atoms with Gasteiger partial charge in [0, 0.05) is 53.1 Å². The van der Waals surface area contributed by atoms with Crippen molar-refractivity contribution in [3.63, 3.8) is 0 Å². The van der Waals surface area contributed by atoms with Crippen LogP contribution in [0, 0.1) is 0 Å². The van der Waals surface area contributed by atoms with Crippen molar-refractivity contribution in [1.82, 2.24) is 0 Å². The topological polar surface area (TPSA) is 6.48 Å². The maximum absolute atomic E-state index is 7.46. The third-order valence-electron chi connectivity index (χ3n) is 15.6. The predicted octanol–water partition coefficient (Wildman–Crippen LogP) is 14.3. The molecule has 0 bridgehead atoms. The zero-order chi connectivity index (χ0) is 40.9. The molecule has 0 amide bonds. The molecular weight excluding hydrogens is 787 g/mol. The number of para-hydroxylation sites is 2. The van der Waals surface area contributed by atoms with Gasteiger partial charge in [0.1, 0.15) is 0 Å². The van der Waals surface area contributed by atoms with E-state index < -0.39 is 0 Å². The van der Waals surface area contributed by atoms with Gasteiger partial charge in [-0.15, -0.1) is 23.1 Å². The van der Waals surface area contributed by atoms with Gasteiger partial charge in [-0.2, -0.15) is 0 Å². The van der Waals surface area contributed by atoms with E-state index in [9.17, 15) is 0 Å². The van der Waals surface area contributed by atoms with Gasteiger partial charge in [0.05, 0.1) is 10.7 Å². The highest BCUT2D eigenvalue weighted by molar-refractivity contribution is 8.01. The lowest BCUT2D eigenvalue weighted by Crippen LogP contribution is -2.61. The van der Waals surface area contributed by atoms with Crippen LogP contribution in [0.15, 0.2) is 126 Å². The lowest BCUT2D eigenvalue weighted by atomic mass is 9.33. The van der Waals surface area contributed by atoms with Crippen molar-refractivity contribution < 1.29 is 0 Å². The predicted molar refractivity (Wildman–Crippen MR) is 262 cm³/mol. The molecule has 0 N–H and O–H groups in total. The summed E-state index contributed by atoms with van der Waals surface area (Å²) in [5.41, 5.74) is 17.5. The minimum atomic E-state index is 0.0259. The number of nitrogens with zero attached hydrogens (tertiary/aromatic N) is 2. The minimum Gasteiger partial charge on any atom is -0.311 e. The summed E-state index contributed by atoms with van der Waals surface area (Å²) in [6, 6.07) is 45.8. The van der Waals surface area contributed by atoms with Gasteiger partial charge in [-0.05, 0) is 124 Å². The van der Waals surface area contributed by atoms with Crippen molar-refractivity contribution in [1.29, 1.82) is 0 Å². The summed E-state index contributed by atoms with van der Waals surface area (Å²) in [4.78, 5) is 6.63. The number of thioether (sulfide) groups is 1. The molecule has 3 aliphatic heterocycles. The van der Waals surface area contributed by atoms with Crippen LogP contribution in [-0.2, 0) is 16.2 Å². The first-order valence-corrected chi connectivity index (χ1v) is 24.0. The molecule has 298 valence electrons. The molecule has 2 aliphatic carbocycles. The molecule has 12 rings (SSSR count). The highest BCUT2D eigenvalue weighted by Crippen LogP contribution is 2.64. The normalized spacial score (nSPS) is 22.8. The third kappa shape index (κ3) is 5.03. The Balaban J connectivity index is 1.23. The van der Waals surface area contributed by atoms with Crippen molar-refractivity contribution in [2.45, 2.75) is 106 Å².